The van der Waals surface area contributed by atoms with Crippen LogP contribution < -0.4 is 4.74 Å². The standard InChI is InChI=1S/C29H34N2O6/c1-6-12-31-13-11-22(28(31)33)27(37-18(3)32)19-8-10-25-23(14-19)24(16-30-25)17(2)21-9-7-20(29(34)36-5)15-26(21)35-4/h7-10,14-17,22,27,30H,6,11-13H2,1-5H3. The van der Waals surface area contributed by atoms with E-state index < -0.39 is 24.0 Å². The molecule has 0 aliphatic carbocycles. The summed E-state index contributed by atoms with van der Waals surface area (Å²) in [5.41, 5.74) is 4.08. The van der Waals surface area contributed by atoms with E-state index in [4.69, 9.17) is 14.2 Å². The van der Waals surface area contributed by atoms with E-state index >= 15 is 0 Å². The zero-order valence-electron chi connectivity index (χ0n) is 22.0. The second-order valence-corrected chi connectivity index (χ2v) is 9.47. The summed E-state index contributed by atoms with van der Waals surface area (Å²) in [7, 11) is 2.92. The molecule has 3 aromatic rings. The highest BCUT2D eigenvalue weighted by atomic mass is 16.5. The number of fused-ring (bicyclic) bond motifs is 1. The molecule has 0 radical (unpaired) electrons. The van der Waals surface area contributed by atoms with Crippen molar-refractivity contribution in [3.63, 3.8) is 0 Å². The maximum absolute atomic E-state index is 13.1. The fourth-order valence-electron chi connectivity index (χ4n) is 5.27. The number of nitrogens with one attached hydrogen (secondary N) is 1. The van der Waals surface area contributed by atoms with Crippen LogP contribution in [0.15, 0.2) is 42.6 Å². The third kappa shape index (κ3) is 5.19. The van der Waals surface area contributed by atoms with Crippen LogP contribution in [0.2, 0.25) is 0 Å². The Morgan fingerprint density at radius 3 is 2.59 bits per heavy atom. The SMILES string of the molecule is CCCN1CCC(C(OC(C)=O)c2ccc3[nH]cc(C(C)c4ccc(C(=O)OC)cc4OC)c3c2)C1=O. The molecule has 196 valence electrons. The largest absolute Gasteiger partial charge is 0.496 e. The lowest BCUT2D eigenvalue weighted by Crippen LogP contribution is -2.31. The molecule has 0 bridgehead atoms. The summed E-state index contributed by atoms with van der Waals surface area (Å²) in [6.07, 6.45) is 2.84. The normalized spacial score (nSPS) is 17.1. The van der Waals surface area contributed by atoms with Gasteiger partial charge in [0.2, 0.25) is 5.91 Å². The molecule has 0 saturated carbocycles. The van der Waals surface area contributed by atoms with Crippen molar-refractivity contribution in [1.82, 2.24) is 9.88 Å². The molecule has 1 amide bonds. The van der Waals surface area contributed by atoms with Crippen LogP contribution in [0.3, 0.4) is 0 Å². The fourth-order valence-corrected chi connectivity index (χ4v) is 5.27. The van der Waals surface area contributed by atoms with E-state index in [0.717, 1.165) is 34.0 Å². The highest BCUT2D eigenvalue weighted by molar-refractivity contribution is 5.90. The molecular formula is C29H34N2O6. The van der Waals surface area contributed by atoms with Gasteiger partial charge in [-0.25, -0.2) is 4.79 Å². The van der Waals surface area contributed by atoms with E-state index in [1.807, 2.05) is 42.3 Å². The predicted octanol–water partition coefficient (Wildman–Crippen LogP) is 4.98. The van der Waals surface area contributed by atoms with Gasteiger partial charge in [0.15, 0.2) is 0 Å². The number of aromatic amines is 1. The number of carbonyl (C=O) groups is 3. The van der Waals surface area contributed by atoms with Crippen LogP contribution in [0.25, 0.3) is 10.9 Å². The Hall–Kier alpha value is -3.81. The summed E-state index contributed by atoms with van der Waals surface area (Å²) < 4.78 is 16.2. The second kappa shape index (κ2) is 11.1. The summed E-state index contributed by atoms with van der Waals surface area (Å²) in [6.45, 7) is 6.87. The van der Waals surface area contributed by atoms with Crippen LogP contribution in [0, 0.1) is 5.92 Å². The first-order valence-electron chi connectivity index (χ1n) is 12.6. The maximum atomic E-state index is 13.1. The van der Waals surface area contributed by atoms with Gasteiger partial charge >= 0.3 is 11.9 Å². The summed E-state index contributed by atoms with van der Waals surface area (Å²) >= 11 is 0. The Morgan fingerprint density at radius 2 is 1.92 bits per heavy atom. The first kappa shape index (κ1) is 26.3. The number of amides is 1. The van der Waals surface area contributed by atoms with Crippen LogP contribution >= 0.6 is 0 Å². The Bertz CT molecular complexity index is 1310. The van der Waals surface area contributed by atoms with Gasteiger partial charge in [0.1, 0.15) is 11.9 Å². The number of ether oxygens (including phenoxy) is 3. The quantitative estimate of drug-likeness (QED) is 0.411. The number of esters is 2. The predicted molar refractivity (Wildman–Crippen MR) is 140 cm³/mol. The Kier molecular flexibility index (Phi) is 7.86. The van der Waals surface area contributed by atoms with Crippen LogP contribution in [0.1, 0.15) is 72.7 Å². The Balaban J connectivity index is 1.72. The number of hydrogen-bond acceptors (Lipinski definition) is 6. The molecule has 3 unspecified atom stereocenters. The number of benzene rings is 2. The van der Waals surface area contributed by atoms with Crippen LogP contribution in [0.4, 0.5) is 0 Å². The van der Waals surface area contributed by atoms with Gasteiger partial charge in [0.05, 0.1) is 25.7 Å². The summed E-state index contributed by atoms with van der Waals surface area (Å²) in [5.74, 6) is -0.697. The molecule has 8 heteroatoms. The van der Waals surface area contributed by atoms with Gasteiger partial charge < -0.3 is 24.1 Å². The van der Waals surface area contributed by atoms with E-state index in [1.54, 1.807) is 19.2 Å². The molecule has 2 heterocycles. The molecule has 1 saturated heterocycles. The van der Waals surface area contributed by atoms with Gasteiger partial charge in [-0.05, 0) is 48.2 Å². The molecule has 4 rings (SSSR count). The molecule has 1 aromatic heterocycles. The summed E-state index contributed by atoms with van der Waals surface area (Å²) in [4.78, 5) is 42.3. The van der Waals surface area contributed by atoms with E-state index in [-0.39, 0.29) is 11.8 Å². The molecular weight excluding hydrogens is 472 g/mol. The molecule has 8 nitrogen and oxygen atoms in total. The van der Waals surface area contributed by atoms with Crippen molar-refractivity contribution in [2.45, 2.75) is 45.6 Å². The van der Waals surface area contributed by atoms with Crippen molar-refractivity contribution in [1.29, 1.82) is 0 Å². The lowest BCUT2D eigenvalue weighted by Gasteiger charge is -2.24. The molecule has 1 fully saturated rings. The topological polar surface area (TPSA) is 97.9 Å². The van der Waals surface area contributed by atoms with Crippen molar-refractivity contribution >= 4 is 28.7 Å². The number of nitrogens with zero attached hydrogens (tertiary/aromatic N) is 1. The van der Waals surface area contributed by atoms with Crippen molar-refractivity contribution < 1.29 is 28.6 Å². The fraction of sp³-hybridized carbons (Fsp3) is 0.414. The number of carbonyl (C=O) groups excluding carboxylic acids is 3. The number of methoxy groups -OCH3 is 2. The Labute approximate surface area is 216 Å². The van der Waals surface area contributed by atoms with Gasteiger partial charge in [-0.1, -0.05) is 26.0 Å². The van der Waals surface area contributed by atoms with Gasteiger partial charge in [-0.2, -0.15) is 0 Å². The van der Waals surface area contributed by atoms with Crippen molar-refractivity contribution in [3.8, 4) is 5.75 Å². The number of rotatable bonds is 9. The van der Waals surface area contributed by atoms with E-state index in [0.29, 0.717) is 30.8 Å². The van der Waals surface area contributed by atoms with Crippen molar-refractivity contribution in [3.05, 3.63) is 64.8 Å². The van der Waals surface area contributed by atoms with Gasteiger partial charge in [-0.3, -0.25) is 9.59 Å². The number of hydrogen-bond donors (Lipinski definition) is 1. The average molecular weight is 507 g/mol. The van der Waals surface area contributed by atoms with E-state index in [1.165, 1.54) is 14.0 Å². The molecule has 2 aromatic carbocycles. The minimum Gasteiger partial charge on any atom is -0.496 e. The van der Waals surface area contributed by atoms with Crippen LogP contribution in [0.5, 0.6) is 5.75 Å². The molecule has 0 spiro atoms. The third-order valence-electron chi connectivity index (χ3n) is 7.14. The van der Waals surface area contributed by atoms with E-state index in [9.17, 15) is 14.4 Å². The lowest BCUT2D eigenvalue weighted by atomic mass is 9.89. The first-order chi connectivity index (χ1) is 17.8. The Morgan fingerprint density at radius 1 is 1.14 bits per heavy atom. The summed E-state index contributed by atoms with van der Waals surface area (Å²) in [5, 5.41) is 0.970. The minimum atomic E-state index is -0.650. The molecule has 1 aliphatic rings. The number of H-pyrrole nitrogens is 1. The zero-order valence-corrected chi connectivity index (χ0v) is 22.0. The zero-order chi connectivity index (χ0) is 26.7. The summed E-state index contributed by atoms with van der Waals surface area (Å²) in [6, 6.07) is 11.2. The van der Waals surface area contributed by atoms with Gasteiger partial charge in [-0.15, -0.1) is 0 Å². The minimum absolute atomic E-state index is 0.0336. The third-order valence-corrected chi connectivity index (χ3v) is 7.14. The monoisotopic (exact) mass is 506 g/mol. The highest BCUT2D eigenvalue weighted by Gasteiger charge is 2.39. The first-order valence-corrected chi connectivity index (χ1v) is 12.6. The van der Waals surface area contributed by atoms with E-state index in [2.05, 4.69) is 11.9 Å². The second-order valence-electron chi connectivity index (χ2n) is 9.47. The lowest BCUT2D eigenvalue weighted by molar-refractivity contribution is -0.152. The van der Waals surface area contributed by atoms with Crippen molar-refractivity contribution in [2.75, 3.05) is 27.3 Å². The average Bonchev–Trinajstić information content (AvgIpc) is 3.49. The molecule has 1 N–H and O–H groups in total. The smallest absolute Gasteiger partial charge is 0.337 e. The number of aromatic nitrogens is 1. The van der Waals surface area contributed by atoms with Crippen molar-refractivity contribution in [2.24, 2.45) is 5.92 Å². The molecule has 3 atom stereocenters. The molecule has 37 heavy (non-hydrogen) atoms. The van der Waals surface area contributed by atoms with Gasteiger partial charge in [0.25, 0.3) is 0 Å². The van der Waals surface area contributed by atoms with Crippen LogP contribution in [-0.2, 0) is 19.1 Å². The van der Waals surface area contributed by atoms with Gasteiger partial charge in [0, 0.05) is 48.6 Å². The molecule has 1 aliphatic heterocycles. The maximum Gasteiger partial charge on any atom is 0.337 e. The van der Waals surface area contributed by atoms with Crippen LogP contribution in [-0.4, -0.2) is 55.0 Å². The highest BCUT2D eigenvalue weighted by Crippen LogP contribution is 2.39. The number of likely N-dealkylation sites (tertiary alicyclic amines) is 1.